The Morgan fingerprint density at radius 3 is 2.62 bits per heavy atom. The fourth-order valence-electron chi connectivity index (χ4n) is 5.29. The number of esters is 2. The lowest BCUT2D eigenvalue weighted by Gasteiger charge is -2.49. The number of aromatic nitrogens is 5. The highest BCUT2D eigenvalue weighted by molar-refractivity contribution is 8.01. The predicted molar refractivity (Wildman–Crippen MR) is 182 cm³/mol. The normalized spacial score (nSPS) is 20.0. The average Bonchev–Trinajstić information content (AvgIpc) is 3.65. The van der Waals surface area contributed by atoms with E-state index >= 15 is 0 Å². The summed E-state index contributed by atoms with van der Waals surface area (Å²) in [5, 5.41) is 16.9. The SMILES string of the molecule is CC(OC(=O)C1=C(CSc2nnnn2CCN(C)C)CS[C@H]2[C@H](NC(=O)Cc3csc(N)n3)C(=O)N12)OC(=O)C1CCCCC1.Cl.Cl. The number of hydrogen-bond donors (Lipinski definition) is 2. The molecule has 2 amide bonds. The number of nitrogens with one attached hydrogen (secondary N) is 1. The lowest BCUT2D eigenvalue weighted by molar-refractivity contribution is -0.187. The molecule has 20 heteroatoms. The van der Waals surface area contributed by atoms with Crippen LogP contribution in [0.15, 0.2) is 21.8 Å². The van der Waals surface area contributed by atoms with Crippen LogP contribution >= 0.6 is 59.7 Å². The monoisotopic (exact) mass is 751 g/mol. The van der Waals surface area contributed by atoms with Gasteiger partial charge in [0.15, 0.2) is 5.13 Å². The molecule has 3 aliphatic rings. The van der Waals surface area contributed by atoms with Crippen molar-refractivity contribution in [3.8, 4) is 0 Å². The molecule has 3 N–H and O–H groups in total. The number of rotatable bonds is 13. The van der Waals surface area contributed by atoms with Gasteiger partial charge in [0.2, 0.25) is 17.4 Å². The Morgan fingerprint density at radius 1 is 1.19 bits per heavy atom. The molecule has 0 bridgehead atoms. The van der Waals surface area contributed by atoms with Gasteiger partial charge in [-0.3, -0.25) is 19.3 Å². The van der Waals surface area contributed by atoms with E-state index in [-0.39, 0.29) is 54.7 Å². The molecule has 47 heavy (non-hydrogen) atoms. The van der Waals surface area contributed by atoms with E-state index in [9.17, 15) is 19.2 Å². The van der Waals surface area contributed by atoms with E-state index in [1.54, 1.807) is 10.1 Å². The summed E-state index contributed by atoms with van der Waals surface area (Å²) in [7, 11) is 3.91. The molecule has 1 saturated carbocycles. The number of halogens is 2. The number of nitrogens with two attached hydrogens (primary N) is 1. The van der Waals surface area contributed by atoms with Gasteiger partial charge in [0, 0.05) is 30.4 Å². The molecule has 0 aromatic carbocycles. The third-order valence-electron chi connectivity index (χ3n) is 7.60. The van der Waals surface area contributed by atoms with Crippen molar-refractivity contribution in [2.45, 2.75) is 74.9 Å². The van der Waals surface area contributed by atoms with E-state index in [1.807, 2.05) is 19.0 Å². The van der Waals surface area contributed by atoms with Crippen molar-refractivity contribution in [3.05, 3.63) is 22.3 Å². The minimum absolute atomic E-state index is 0. The molecule has 5 rings (SSSR count). The van der Waals surface area contributed by atoms with E-state index < -0.39 is 29.6 Å². The van der Waals surface area contributed by atoms with Gasteiger partial charge < -0.3 is 25.4 Å². The largest absolute Gasteiger partial charge is 0.425 e. The Kier molecular flexibility index (Phi) is 14.6. The number of nitrogen functional groups attached to an aromatic ring is 1. The fourth-order valence-corrected chi connectivity index (χ4v) is 8.24. The number of tetrazole rings is 1. The minimum Gasteiger partial charge on any atom is -0.425 e. The number of carbonyl (C=O) groups is 4. The van der Waals surface area contributed by atoms with Crippen molar-refractivity contribution in [1.82, 2.24) is 40.3 Å². The molecule has 1 saturated heterocycles. The van der Waals surface area contributed by atoms with Gasteiger partial charge in [0.25, 0.3) is 5.91 Å². The summed E-state index contributed by atoms with van der Waals surface area (Å²) in [6.07, 6.45) is 3.37. The molecule has 2 aromatic rings. The van der Waals surface area contributed by atoms with Crippen molar-refractivity contribution >= 4 is 88.6 Å². The van der Waals surface area contributed by atoms with E-state index in [0.29, 0.717) is 39.6 Å². The van der Waals surface area contributed by atoms with Gasteiger partial charge in [0.05, 0.1) is 24.6 Å². The third-order valence-corrected chi connectivity index (χ3v) is 10.7. The van der Waals surface area contributed by atoms with Crippen LogP contribution in [0.4, 0.5) is 5.13 Å². The number of amides is 2. The lowest BCUT2D eigenvalue weighted by atomic mass is 9.89. The van der Waals surface area contributed by atoms with Gasteiger partial charge in [-0.2, -0.15) is 0 Å². The third kappa shape index (κ3) is 9.72. The zero-order chi connectivity index (χ0) is 32.1. The van der Waals surface area contributed by atoms with Crippen LogP contribution in [0.1, 0.15) is 44.7 Å². The molecule has 15 nitrogen and oxygen atoms in total. The first-order chi connectivity index (χ1) is 21.6. The molecule has 0 radical (unpaired) electrons. The van der Waals surface area contributed by atoms with Gasteiger partial charge in [-0.05, 0) is 42.9 Å². The van der Waals surface area contributed by atoms with Crippen LogP contribution in [-0.2, 0) is 41.6 Å². The van der Waals surface area contributed by atoms with Crippen molar-refractivity contribution in [2.75, 3.05) is 37.9 Å². The van der Waals surface area contributed by atoms with Crippen molar-refractivity contribution < 1.29 is 28.7 Å². The van der Waals surface area contributed by atoms with Gasteiger partial charge in [-0.15, -0.1) is 53.0 Å². The fraction of sp³-hybridized carbons (Fsp3) is 0.630. The van der Waals surface area contributed by atoms with E-state index in [4.69, 9.17) is 15.2 Å². The molecular weight excluding hydrogens is 713 g/mol. The number of β-lactam (4-membered cyclic amide) rings is 1. The Balaban J connectivity index is 0.00000300. The maximum absolute atomic E-state index is 13.6. The smallest absolute Gasteiger partial charge is 0.358 e. The first-order valence-corrected chi connectivity index (χ1v) is 17.6. The molecule has 2 aliphatic heterocycles. The Bertz CT molecular complexity index is 1450. The van der Waals surface area contributed by atoms with Crippen LogP contribution in [0.25, 0.3) is 0 Å². The van der Waals surface area contributed by atoms with Gasteiger partial charge >= 0.3 is 11.9 Å². The van der Waals surface area contributed by atoms with Crippen LogP contribution in [0, 0.1) is 5.92 Å². The Labute approximate surface area is 297 Å². The summed E-state index contributed by atoms with van der Waals surface area (Å²) in [5.74, 6) is -1.46. The predicted octanol–water partition coefficient (Wildman–Crippen LogP) is 2.12. The highest BCUT2D eigenvalue weighted by atomic mass is 35.5. The second-order valence-corrected chi connectivity index (χ2v) is 14.2. The number of hydrogen-bond acceptors (Lipinski definition) is 15. The van der Waals surface area contributed by atoms with Gasteiger partial charge in [-0.25, -0.2) is 14.5 Å². The summed E-state index contributed by atoms with van der Waals surface area (Å²) >= 11 is 4.02. The first kappa shape index (κ1) is 38.8. The standard InChI is InChI=1S/C27H37N9O6S3.2ClH/c1-15(41-24(39)16-7-5-4-6-8-16)42-25(40)21-17(13-45-27-31-32-33-35(27)10-9-34(2)3)12-43-23-20(22(38)36(21)23)30-19(37)11-18-14-44-26(28)29-18;;/h14-16,20,23H,4-13H2,1-3H3,(H2,28,29)(H,30,37);2*1H/t15?,20-,23+;;/m1../s1. The van der Waals surface area contributed by atoms with Crippen LogP contribution in [-0.4, -0.2) is 109 Å². The van der Waals surface area contributed by atoms with E-state index in [2.05, 4.69) is 25.8 Å². The maximum Gasteiger partial charge on any atom is 0.358 e. The molecule has 1 unspecified atom stereocenters. The molecule has 260 valence electrons. The Hall–Kier alpha value is -2.64. The van der Waals surface area contributed by atoms with Gasteiger partial charge in [0.1, 0.15) is 17.1 Å². The van der Waals surface area contributed by atoms with Crippen molar-refractivity contribution in [3.63, 3.8) is 0 Å². The van der Waals surface area contributed by atoms with Crippen LogP contribution in [0.5, 0.6) is 0 Å². The molecule has 0 spiro atoms. The van der Waals surface area contributed by atoms with Crippen molar-refractivity contribution in [2.24, 2.45) is 5.92 Å². The highest BCUT2D eigenvalue weighted by Crippen LogP contribution is 2.42. The number of likely N-dealkylation sites (N-methyl/N-ethyl adjacent to an activating group) is 1. The number of anilines is 1. The maximum atomic E-state index is 13.6. The summed E-state index contributed by atoms with van der Waals surface area (Å²) in [6.45, 7) is 2.81. The summed E-state index contributed by atoms with van der Waals surface area (Å²) in [6, 6.07) is -0.824. The van der Waals surface area contributed by atoms with E-state index in [0.717, 1.165) is 38.6 Å². The molecular formula is C27H39Cl2N9O6S3. The minimum atomic E-state index is -1.14. The lowest BCUT2D eigenvalue weighted by Crippen LogP contribution is -2.70. The summed E-state index contributed by atoms with van der Waals surface area (Å²) in [5.41, 5.74) is 6.92. The molecule has 2 fully saturated rings. The van der Waals surface area contributed by atoms with E-state index in [1.165, 1.54) is 46.7 Å². The number of carbonyl (C=O) groups excluding carboxylic acids is 4. The number of nitrogens with zero attached hydrogens (tertiary/aromatic N) is 7. The first-order valence-electron chi connectivity index (χ1n) is 14.7. The summed E-state index contributed by atoms with van der Waals surface area (Å²) < 4.78 is 12.8. The topological polar surface area (TPSA) is 188 Å². The zero-order valence-electron chi connectivity index (χ0n) is 26.2. The molecule has 4 heterocycles. The average molecular weight is 753 g/mol. The van der Waals surface area contributed by atoms with Gasteiger partial charge in [-0.1, -0.05) is 31.0 Å². The van der Waals surface area contributed by atoms with Crippen LogP contribution < -0.4 is 11.1 Å². The second kappa shape index (κ2) is 17.7. The zero-order valence-corrected chi connectivity index (χ0v) is 30.2. The molecule has 3 atom stereocenters. The van der Waals surface area contributed by atoms with Crippen LogP contribution in [0.3, 0.4) is 0 Å². The number of fused-ring (bicyclic) bond motifs is 1. The number of thiazole rings is 1. The quantitative estimate of drug-likeness (QED) is 0.131. The Morgan fingerprint density at radius 2 is 1.94 bits per heavy atom. The van der Waals surface area contributed by atoms with Crippen molar-refractivity contribution in [1.29, 1.82) is 0 Å². The molecule has 1 aliphatic carbocycles. The highest BCUT2D eigenvalue weighted by Gasteiger charge is 2.54. The number of ether oxygens (including phenoxy) is 2. The second-order valence-electron chi connectivity index (χ2n) is 11.3. The van der Waals surface area contributed by atoms with Crippen LogP contribution in [0.2, 0.25) is 0 Å². The summed E-state index contributed by atoms with van der Waals surface area (Å²) in [4.78, 5) is 60.0. The number of thioether (sulfide) groups is 2. The molecule has 2 aromatic heterocycles.